The second-order valence-corrected chi connectivity index (χ2v) is 14.5. The van der Waals surface area contributed by atoms with Gasteiger partial charge in [-0.25, -0.2) is 9.02 Å². The Hall–Kier alpha value is -3.67. The fourth-order valence-corrected chi connectivity index (χ4v) is 7.04. The summed E-state index contributed by atoms with van der Waals surface area (Å²) in [6.45, 7) is 9.76. The van der Waals surface area contributed by atoms with E-state index in [4.69, 9.17) is 4.63 Å². The molecule has 2 N–H and O–H groups in total. The summed E-state index contributed by atoms with van der Waals surface area (Å²) in [5.74, 6) is -1.37. The van der Waals surface area contributed by atoms with E-state index in [0.29, 0.717) is 49.0 Å². The molecule has 0 spiro atoms. The lowest BCUT2D eigenvalue weighted by Crippen LogP contribution is -2.58. The number of benzene rings is 1. The lowest BCUT2D eigenvalue weighted by molar-refractivity contribution is -0.139. The van der Waals surface area contributed by atoms with E-state index in [0.717, 1.165) is 45.1 Å². The van der Waals surface area contributed by atoms with Crippen LogP contribution in [0.15, 0.2) is 22.8 Å². The molecule has 11 nitrogen and oxygen atoms in total. The number of piperazine rings is 1. The molecule has 4 atom stereocenters. The molecule has 1 aliphatic heterocycles. The Morgan fingerprint density at radius 3 is 2.40 bits per heavy atom. The minimum Gasteiger partial charge on any atom is -0.344 e. The Morgan fingerprint density at radius 1 is 1.02 bits per heavy atom. The number of amides is 3. The van der Waals surface area contributed by atoms with Gasteiger partial charge in [0, 0.05) is 44.4 Å². The maximum Gasteiger partial charge on any atom is 0.276 e. The Labute approximate surface area is 282 Å². The topological polar surface area (TPSA) is 138 Å². The van der Waals surface area contributed by atoms with Gasteiger partial charge in [0.25, 0.3) is 5.91 Å². The van der Waals surface area contributed by atoms with Gasteiger partial charge in [0.05, 0.1) is 6.04 Å². The van der Waals surface area contributed by atoms with E-state index in [9.17, 15) is 19.2 Å². The van der Waals surface area contributed by atoms with Crippen molar-refractivity contribution >= 4 is 23.5 Å². The van der Waals surface area contributed by atoms with E-state index >= 15 is 4.39 Å². The average Bonchev–Trinajstić information content (AvgIpc) is 3.75. The van der Waals surface area contributed by atoms with Crippen LogP contribution in [-0.2, 0) is 27.2 Å². The van der Waals surface area contributed by atoms with Gasteiger partial charge in [-0.2, -0.15) is 0 Å². The van der Waals surface area contributed by atoms with Crippen molar-refractivity contribution in [3.63, 3.8) is 0 Å². The molecule has 0 radical (unpaired) electrons. The molecule has 2 saturated carbocycles. The van der Waals surface area contributed by atoms with Crippen LogP contribution in [0.5, 0.6) is 0 Å². The van der Waals surface area contributed by atoms with E-state index < -0.39 is 29.7 Å². The highest BCUT2D eigenvalue weighted by Crippen LogP contribution is 2.33. The van der Waals surface area contributed by atoms with E-state index in [1.54, 1.807) is 17.0 Å². The highest BCUT2D eigenvalue weighted by Gasteiger charge is 2.37. The number of hydrogen-bond donors (Lipinski definition) is 2. The maximum atomic E-state index is 15.8. The minimum absolute atomic E-state index is 0.0587. The number of carbonyl (C=O) groups excluding carboxylic acids is 4. The van der Waals surface area contributed by atoms with E-state index in [2.05, 4.69) is 39.7 Å². The fraction of sp³-hybridized carbons (Fsp3) is 0.667. The average molecular weight is 667 g/mol. The quantitative estimate of drug-likeness (QED) is 0.327. The standard InChI is InChI=1S/C36H51FN6O5/c1-6-29-34(41-48-40-29)35(46)39-33(25-11-7-21(2)8-12-25)30(44)19-27-14-13-26(18-28(27)37)23(4)32(38-31(45)17-24-9-10-24)36(47)43-16-15-42(5)22(3)20-43/h13-14,18,21-25,32-33H,6-12,15-17,19-20H2,1-5H3,(H,38,45)(H,39,46)/t21?,22-,23-,25?,32+,33-/m0/s1. The molecule has 3 fully saturated rings. The van der Waals surface area contributed by atoms with Crippen LogP contribution >= 0.6 is 0 Å². The highest BCUT2D eigenvalue weighted by atomic mass is 19.1. The minimum atomic E-state index is -0.842. The van der Waals surface area contributed by atoms with Crippen LogP contribution in [0.25, 0.3) is 0 Å². The molecule has 0 bridgehead atoms. The number of ketones is 1. The highest BCUT2D eigenvalue weighted by molar-refractivity contribution is 5.97. The van der Waals surface area contributed by atoms with Crippen LogP contribution in [-0.4, -0.2) is 88.4 Å². The zero-order valence-corrected chi connectivity index (χ0v) is 29.0. The fourth-order valence-electron chi connectivity index (χ4n) is 7.04. The molecule has 2 aliphatic carbocycles. The van der Waals surface area contributed by atoms with Gasteiger partial charge in [-0.15, -0.1) is 0 Å². The van der Waals surface area contributed by atoms with Crippen LogP contribution in [0.3, 0.4) is 0 Å². The summed E-state index contributed by atoms with van der Waals surface area (Å²) in [6.07, 6.45) is 6.12. The number of hydrogen-bond acceptors (Lipinski definition) is 8. The second-order valence-electron chi connectivity index (χ2n) is 14.5. The molecule has 48 heavy (non-hydrogen) atoms. The molecule has 2 heterocycles. The number of aromatic nitrogens is 2. The monoisotopic (exact) mass is 666 g/mol. The van der Waals surface area contributed by atoms with E-state index in [1.165, 1.54) is 6.07 Å². The van der Waals surface area contributed by atoms with Crippen LogP contribution in [0.4, 0.5) is 4.39 Å². The molecule has 5 rings (SSSR count). The molecular weight excluding hydrogens is 615 g/mol. The molecule has 12 heteroatoms. The Balaban J connectivity index is 1.32. The first-order valence-electron chi connectivity index (χ1n) is 17.7. The summed E-state index contributed by atoms with van der Waals surface area (Å²) in [7, 11) is 2.03. The predicted octanol–water partition coefficient (Wildman–Crippen LogP) is 4.06. The summed E-state index contributed by atoms with van der Waals surface area (Å²) >= 11 is 0. The van der Waals surface area contributed by atoms with Gasteiger partial charge in [0.2, 0.25) is 11.8 Å². The number of rotatable bonds is 13. The van der Waals surface area contributed by atoms with Crippen LogP contribution < -0.4 is 10.6 Å². The van der Waals surface area contributed by atoms with Gasteiger partial charge in [0.15, 0.2) is 11.5 Å². The lowest BCUT2D eigenvalue weighted by atomic mass is 9.77. The van der Waals surface area contributed by atoms with Crippen molar-refractivity contribution in [3.05, 3.63) is 46.5 Å². The first-order chi connectivity index (χ1) is 22.9. The van der Waals surface area contributed by atoms with Crippen molar-refractivity contribution in [2.75, 3.05) is 26.7 Å². The third kappa shape index (κ3) is 8.67. The second kappa shape index (κ2) is 15.7. The van der Waals surface area contributed by atoms with Crippen molar-refractivity contribution in [1.82, 2.24) is 30.7 Å². The molecule has 3 amide bonds. The number of likely N-dealkylation sites (N-methyl/N-ethyl adjacent to an activating group) is 1. The number of carbonyl (C=O) groups is 4. The van der Waals surface area contributed by atoms with Gasteiger partial charge in [0.1, 0.15) is 17.6 Å². The van der Waals surface area contributed by atoms with Gasteiger partial charge < -0.3 is 20.4 Å². The molecule has 262 valence electrons. The van der Waals surface area contributed by atoms with Crippen LogP contribution in [0.1, 0.15) is 106 Å². The Bertz CT molecular complexity index is 1470. The van der Waals surface area contributed by atoms with Gasteiger partial charge >= 0.3 is 0 Å². The summed E-state index contributed by atoms with van der Waals surface area (Å²) in [5.41, 5.74) is 1.25. The van der Waals surface area contributed by atoms with Crippen molar-refractivity contribution < 1.29 is 28.2 Å². The number of Topliss-reactive ketones (excluding diaryl/α,β-unsaturated/α-hetero) is 1. The van der Waals surface area contributed by atoms with Crippen molar-refractivity contribution in [1.29, 1.82) is 0 Å². The molecular formula is C36H51FN6O5. The van der Waals surface area contributed by atoms with E-state index in [-0.39, 0.29) is 47.2 Å². The number of halogens is 1. The van der Waals surface area contributed by atoms with Crippen molar-refractivity contribution in [3.8, 4) is 0 Å². The maximum absolute atomic E-state index is 15.8. The summed E-state index contributed by atoms with van der Waals surface area (Å²) in [4.78, 5) is 57.8. The number of nitrogens with zero attached hydrogens (tertiary/aromatic N) is 4. The first kappa shape index (κ1) is 35.6. The van der Waals surface area contributed by atoms with E-state index in [1.807, 2.05) is 20.9 Å². The van der Waals surface area contributed by atoms with Crippen molar-refractivity contribution in [2.45, 2.75) is 110 Å². The summed E-state index contributed by atoms with van der Waals surface area (Å²) in [6, 6.07) is 3.23. The molecule has 2 aromatic rings. The van der Waals surface area contributed by atoms with Gasteiger partial charge in [-0.1, -0.05) is 50.9 Å². The third-order valence-corrected chi connectivity index (χ3v) is 10.8. The smallest absolute Gasteiger partial charge is 0.276 e. The molecule has 1 saturated heterocycles. The summed E-state index contributed by atoms with van der Waals surface area (Å²) in [5, 5.41) is 13.4. The summed E-state index contributed by atoms with van der Waals surface area (Å²) < 4.78 is 20.6. The van der Waals surface area contributed by atoms with Gasteiger partial charge in [-0.3, -0.25) is 19.2 Å². The van der Waals surface area contributed by atoms with Gasteiger partial charge in [-0.05, 0) is 86.2 Å². The predicted molar refractivity (Wildman–Crippen MR) is 178 cm³/mol. The molecule has 1 aromatic heterocycles. The Morgan fingerprint density at radius 2 is 1.75 bits per heavy atom. The zero-order chi connectivity index (χ0) is 34.5. The largest absolute Gasteiger partial charge is 0.344 e. The molecule has 1 aromatic carbocycles. The first-order valence-corrected chi connectivity index (χ1v) is 17.7. The normalized spacial score (nSPS) is 23.6. The molecule has 0 unspecified atom stereocenters. The van der Waals surface area contributed by atoms with Crippen LogP contribution in [0.2, 0.25) is 0 Å². The molecule has 3 aliphatic rings. The zero-order valence-electron chi connectivity index (χ0n) is 29.0. The third-order valence-electron chi connectivity index (χ3n) is 10.8. The SMILES string of the molecule is CCc1nonc1C(=O)N[C@H](C(=O)Cc1ccc([C@H](C)[C@@H](NC(=O)CC2CC2)C(=O)N2CCN(C)[C@@H](C)C2)cc1F)C1CCC(C)CC1. The number of nitrogens with one attached hydrogen (secondary N) is 2. The van der Waals surface area contributed by atoms with Crippen LogP contribution in [0, 0.1) is 23.6 Å². The lowest BCUT2D eigenvalue weighted by Gasteiger charge is -2.40. The Kier molecular flexibility index (Phi) is 11.7. The van der Waals surface area contributed by atoms with Crippen molar-refractivity contribution in [2.24, 2.45) is 17.8 Å². The number of aryl methyl sites for hydroxylation is 1.